The van der Waals surface area contributed by atoms with E-state index in [1.54, 1.807) is 12.1 Å². The molecule has 3 rings (SSSR count). The number of rotatable bonds is 6. The summed E-state index contributed by atoms with van der Waals surface area (Å²) < 4.78 is 5.78. The average Bonchev–Trinajstić information content (AvgIpc) is 3.09. The zero-order valence-corrected chi connectivity index (χ0v) is 14.2. The molecule has 1 aliphatic rings. The number of urea groups is 1. The van der Waals surface area contributed by atoms with Gasteiger partial charge in [-0.3, -0.25) is 0 Å². The number of aryl methyl sites for hydroxylation is 1. The van der Waals surface area contributed by atoms with Crippen molar-refractivity contribution < 1.29 is 14.6 Å². The van der Waals surface area contributed by atoms with Crippen molar-refractivity contribution in [3.05, 3.63) is 65.7 Å². The topological polar surface area (TPSA) is 70.6 Å². The summed E-state index contributed by atoms with van der Waals surface area (Å²) in [7, 11) is 0. The molecule has 0 bridgehead atoms. The molecular formula is C20H24N2O3. The van der Waals surface area contributed by atoms with E-state index in [1.807, 2.05) is 42.5 Å². The molecule has 5 heteroatoms. The molecule has 1 heterocycles. The molecule has 1 fully saturated rings. The van der Waals surface area contributed by atoms with Gasteiger partial charge in [-0.2, -0.15) is 0 Å². The Labute approximate surface area is 148 Å². The quantitative estimate of drug-likeness (QED) is 0.708. The summed E-state index contributed by atoms with van der Waals surface area (Å²) in [5.74, 6) is 0.271. The third-order valence-corrected chi connectivity index (χ3v) is 4.40. The van der Waals surface area contributed by atoms with Crippen LogP contribution in [-0.4, -0.2) is 30.3 Å². The molecule has 0 unspecified atom stereocenters. The lowest BCUT2D eigenvalue weighted by Gasteiger charge is -2.20. The smallest absolute Gasteiger partial charge is 0.315 e. The summed E-state index contributed by atoms with van der Waals surface area (Å²) in [6.45, 7) is 1.27. The first-order valence-electron chi connectivity index (χ1n) is 8.71. The maximum atomic E-state index is 12.1. The summed E-state index contributed by atoms with van der Waals surface area (Å²) in [6, 6.07) is 17.0. The van der Waals surface area contributed by atoms with Crippen LogP contribution in [0.25, 0.3) is 0 Å². The molecule has 0 aliphatic carbocycles. The van der Waals surface area contributed by atoms with E-state index in [0.29, 0.717) is 13.2 Å². The van der Waals surface area contributed by atoms with Crippen molar-refractivity contribution in [2.24, 2.45) is 0 Å². The number of hydrogen-bond acceptors (Lipinski definition) is 3. The van der Waals surface area contributed by atoms with Crippen LogP contribution in [0.2, 0.25) is 0 Å². The van der Waals surface area contributed by atoms with E-state index >= 15 is 0 Å². The van der Waals surface area contributed by atoms with Gasteiger partial charge in [0.2, 0.25) is 0 Å². The second-order valence-corrected chi connectivity index (χ2v) is 6.27. The van der Waals surface area contributed by atoms with Crippen molar-refractivity contribution in [2.75, 3.05) is 13.2 Å². The van der Waals surface area contributed by atoms with Crippen molar-refractivity contribution in [3.63, 3.8) is 0 Å². The van der Waals surface area contributed by atoms with Crippen molar-refractivity contribution in [1.82, 2.24) is 10.6 Å². The summed E-state index contributed by atoms with van der Waals surface area (Å²) in [5.41, 5.74) is 2.24. The van der Waals surface area contributed by atoms with Crippen LogP contribution in [0.15, 0.2) is 54.6 Å². The Kier molecular flexibility index (Phi) is 5.90. The minimum atomic E-state index is -0.151. The molecule has 3 N–H and O–H groups in total. The Hall–Kier alpha value is -2.53. The highest BCUT2D eigenvalue weighted by molar-refractivity contribution is 5.74. The van der Waals surface area contributed by atoms with Crippen LogP contribution in [0, 0.1) is 0 Å². The first kappa shape index (κ1) is 17.3. The molecule has 0 spiro atoms. The lowest BCUT2D eigenvalue weighted by molar-refractivity contribution is 0.0999. The minimum absolute atomic E-state index is 0.000464. The maximum Gasteiger partial charge on any atom is 0.315 e. The fourth-order valence-corrected chi connectivity index (χ4v) is 3.09. The molecule has 0 radical (unpaired) electrons. The van der Waals surface area contributed by atoms with Gasteiger partial charge in [0.25, 0.3) is 0 Å². The maximum absolute atomic E-state index is 12.1. The van der Waals surface area contributed by atoms with E-state index in [1.165, 1.54) is 0 Å². The van der Waals surface area contributed by atoms with Crippen LogP contribution in [0.1, 0.15) is 30.1 Å². The zero-order chi connectivity index (χ0) is 17.5. The van der Waals surface area contributed by atoms with Crippen LogP contribution in [0.3, 0.4) is 0 Å². The van der Waals surface area contributed by atoms with E-state index in [0.717, 1.165) is 30.4 Å². The second kappa shape index (κ2) is 8.53. The highest BCUT2D eigenvalue weighted by Crippen LogP contribution is 2.28. The Bertz CT molecular complexity index is 673. The van der Waals surface area contributed by atoms with Gasteiger partial charge in [-0.05, 0) is 42.5 Å². The number of ether oxygens (including phenoxy) is 1. The highest BCUT2D eigenvalue weighted by Gasteiger charge is 2.30. The molecule has 2 atom stereocenters. The van der Waals surface area contributed by atoms with Crippen molar-refractivity contribution >= 4 is 6.03 Å². The Morgan fingerprint density at radius 3 is 2.64 bits per heavy atom. The summed E-state index contributed by atoms with van der Waals surface area (Å²) in [4.78, 5) is 12.1. The van der Waals surface area contributed by atoms with Crippen LogP contribution in [0.5, 0.6) is 5.75 Å². The van der Waals surface area contributed by atoms with Gasteiger partial charge in [-0.15, -0.1) is 0 Å². The molecule has 0 aromatic heterocycles. The van der Waals surface area contributed by atoms with Gasteiger partial charge < -0.3 is 20.5 Å². The first-order chi connectivity index (χ1) is 12.2. The van der Waals surface area contributed by atoms with Crippen LogP contribution in [0.4, 0.5) is 4.79 Å². The number of amides is 2. The summed E-state index contributed by atoms with van der Waals surface area (Å²) in [6.07, 6.45) is 2.45. The van der Waals surface area contributed by atoms with Crippen LogP contribution < -0.4 is 10.6 Å². The third-order valence-electron chi connectivity index (χ3n) is 4.40. The van der Waals surface area contributed by atoms with Gasteiger partial charge in [-0.1, -0.05) is 42.5 Å². The number of phenolic OH excluding ortho intramolecular Hbond substituents is 1. The normalized spacial score (nSPS) is 19.5. The Balaban J connectivity index is 1.40. The van der Waals surface area contributed by atoms with Gasteiger partial charge in [0, 0.05) is 13.2 Å². The first-order valence-corrected chi connectivity index (χ1v) is 8.71. The zero-order valence-electron chi connectivity index (χ0n) is 14.2. The Morgan fingerprint density at radius 2 is 1.88 bits per heavy atom. The number of aromatic hydroxyl groups is 1. The van der Waals surface area contributed by atoms with Gasteiger partial charge in [-0.25, -0.2) is 4.79 Å². The number of nitrogens with one attached hydrogen (secondary N) is 2. The SMILES string of the molecule is O=C(NCCCc1ccc(O)cc1)N[C@H]1CCO[C@@H]1c1ccccc1. The summed E-state index contributed by atoms with van der Waals surface area (Å²) >= 11 is 0. The molecule has 2 aromatic carbocycles. The molecular weight excluding hydrogens is 316 g/mol. The lowest BCUT2D eigenvalue weighted by atomic mass is 10.0. The van der Waals surface area contributed by atoms with E-state index < -0.39 is 0 Å². The fourth-order valence-electron chi connectivity index (χ4n) is 3.09. The van der Waals surface area contributed by atoms with E-state index in [9.17, 15) is 9.90 Å². The molecule has 0 saturated carbocycles. The number of carbonyl (C=O) groups is 1. The number of carbonyl (C=O) groups excluding carboxylic acids is 1. The number of benzene rings is 2. The monoisotopic (exact) mass is 340 g/mol. The standard InChI is InChI=1S/C20H24N2O3/c23-17-10-8-15(9-11-17)5-4-13-21-20(24)22-18-12-14-25-19(18)16-6-2-1-3-7-16/h1-3,6-11,18-19,23H,4-5,12-14H2,(H2,21,22,24)/t18-,19+/m0/s1. The number of hydrogen-bond donors (Lipinski definition) is 3. The summed E-state index contributed by atoms with van der Waals surface area (Å²) in [5, 5.41) is 15.2. The van der Waals surface area contributed by atoms with Crippen molar-refractivity contribution in [2.45, 2.75) is 31.4 Å². The van der Waals surface area contributed by atoms with E-state index in [4.69, 9.17) is 4.74 Å². The molecule has 2 aromatic rings. The third kappa shape index (κ3) is 4.97. The molecule has 132 valence electrons. The molecule has 25 heavy (non-hydrogen) atoms. The predicted octanol–water partition coefficient (Wildman–Crippen LogP) is 3.15. The largest absolute Gasteiger partial charge is 0.508 e. The second-order valence-electron chi connectivity index (χ2n) is 6.27. The average molecular weight is 340 g/mol. The Morgan fingerprint density at radius 1 is 1.12 bits per heavy atom. The molecule has 1 aliphatic heterocycles. The minimum Gasteiger partial charge on any atom is -0.508 e. The van der Waals surface area contributed by atoms with Crippen molar-refractivity contribution in [3.8, 4) is 5.75 Å². The molecule has 1 saturated heterocycles. The van der Waals surface area contributed by atoms with E-state index in [2.05, 4.69) is 10.6 Å². The molecule has 2 amide bonds. The van der Waals surface area contributed by atoms with Gasteiger partial charge >= 0.3 is 6.03 Å². The van der Waals surface area contributed by atoms with Gasteiger partial charge in [0.05, 0.1) is 6.04 Å². The van der Waals surface area contributed by atoms with Crippen molar-refractivity contribution in [1.29, 1.82) is 0 Å². The molecule has 5 nitrogen and oxygen atoms in total. The highest BCUT2D eigenvalue weighted by atomic mass is 16.5. The predicted molar refractivity (Wildman–Crippen MR) is 96.5 cm³/mol. The number of phenols is 1. The van der Waals surface area contributed by atoms with Crippen LogP contribution in [-0.2, 0) is 11.2 Å². The van der Waals surface area contributed by atoms with Gasteiger partial charge in [0.1, 0.15) is 11.9 Å². The van der Waals surface area contributed by atoms with E-state index in [-0.39, 0.29) is 23.9 Å². The lowest BCUT2D eigenvalue weighted by Crippen LogP contribution is -2.43. The van der Waals surface area contributed by atoms with Gasteiger partial charge in [0.15, 0.2) is 0 Å². The van der Waals surface area contributed by atoms with Crippen LogP contribution >= 0.6 is 0 Å². The fraction of sp³-hybridized carbons (Fsp3) is 0.350.